The first-order chi connectivity index (χ1) is 16.4. The molecule has 1 aromatic carbocycles. The highest BCUT2D eigenvalue weighted by atomic mass is 35.5. The molecule has 0 unspecified atom stereocenters. The van der Waals surface area contributed by atoms with Gasteiger partial charge in [-0.15, -0.1) is 0 Å². The van der Waals surface area contributed by atoms with Gasteiger partial charge in [0.25, 0.3) is 0 Å². The number of nitrogens with zero attached hydrogens (tertiary/aromatic N) is 4. The van der Waals surface area contributed by atoms with E-state index in [2.05, 4.69) is 20.3 Å². The van der Waals surface area contributed by atoms with Gasteiger partial charge >= 0.3 is 0 Å². The summed E-state index contributed by atoms with van der Waals surface area (Å²) in [6.45, 7) is 8.99. The maximum Gasteiger partial charge on any atom is 0.223 e. The van der Waals surface area contributed by atoms with Crippen LogP contribution in [0, 0.1) is 5.82 Å². The molecule has 188 valence electrons. The van der Waals surface area contributed by atoms with Crippen LogP contribution in [0.15, 0.2) is 18.3 Å². The summed E-state index contributed by atoms with van der Waals surface area (Å²) >= 11 is 6.43. The molecule has 2 aromatic heterocycles. The predicted octanol–water partition coefficient (Wildman–Crippen LogP) is 3.77. The van der Waals surface area contributed by atoms with Gasteiger partial charge in [-0.05, 0) is 46.8 Å². The molecule has 0 spiro atoms. The smallest absolute Gasteiger partial charge is 0.223 e. The van der Waals surface area contributed by atoms with E-state index in [1.165, 1.54) is 12.3 Å². The average Bonchev–Trinajstić information content (AvgIpc) is 3.32. The first kappa shape index (κ1) is 24.3. The normalized spacial score (nSPS) is 26.6. The Labute approximate surface area is 207 Å². The zero-order chi connectivity index (χ0) is 25.2. The van der Waals surface area contributed by atoms with E-state index < -0.39 is 29.9 Å². The van der Waals surface area contributed by atoms with Crippen molar-refractivity contribution in [2.45, 2.75) is 83.3 Å². The fourth-order valence-corrected chi connectivity index (χ4v) is 5.07. The van der Waals surface area contributed by atoms with E-state index >= 15 is 4.39 Å². The lowest BCUT2D eigenvalue weighted by atomic mass is 9.98. The lowest BCUT2D eigenvalue weighted by Crippen LogP contribution is -2.49. The molecule has 5 atom stereocenters. The summed E-state index contributed by atoms with van der Waals surface area (Å²) in [5, 5.41) is 24.7. The largest absolute Gasteiger partial charge is 0.388 e. The van der Waals surface area contributed by atoms with Crippen molar-refractivity contribution in [2.75, 3.05) is 5.32 Å². The molecule has 3 aromatic rings. The van der Waals surface area contributed by atoms with Crippen molar-refractivity contribution in [3.63, 3.8) is 0 Å². The molecular weight excluding hydrogens is 477 g/mol. The molecule has 11 heteroatoms. The summed E-state index contributed by atoms with van der Waals surface area (Å²) < 4.78 is 28.4. The van der Waals surface area contributed by atoms with Crippen LogP contribution in [0.2, 0.25) is 5.02 Å². The van der Waals surface area contributed by atoms with Gasteiger partial charge in [0.05, 0.1) is 34.6 Å². The minimum Gasteiger partial charge on any atom is -0.388 e. The number of fused-ring (bicyclic) bond motifs is 3. The van der Waals surface area contributed by atoms with E-state index in [9.17, 15) is 10.2 Å². The third kappa shape index (κ3) is 4.27. The number of benzene rings is 1. The third-order valence-electron chi connectivity index (χ3n) is 6.48. The first-order valence-corrected chi connectivity index (χ1v) is 12.0. The van der Waals surface area contributed by atoms with E-state index in [0.717, 1.165) is 0 Å². The second-order valence-corrected chi connectivity index (χ2v) is 10.4. The van der Waals surface area contributed by atoms with Gasteiger partial charge in [-0.1, -0.05) is 11.6 Å². The Morgan fingerprint density at radius 1 is 1.26 bits per heavy atom. The maximum absolute atomic E-state index is 15.2. The molecule has 0 radical (unpaired) electrons. The maximum atomic E-state index is 15.2. The van der Waals surface area contributed by atoms with Crippen LogP contribution in [0.3, 0.4) is 0 Å². The van der Waals surface area contributed by atoms with Crippen molar-refractivity contribution in [2.24, 2.45) is 0 Å². The fraction of sp³-hybridized carbons (Fsp3) is 0.542. The van der Waals surface area contributed by atoms with Crippen LogP contribution in [-0.4, -0.2) is 60.4 Å². The minimum absolute atomic E-state index is 0.0795. The number of imidazole rings is 1. The summed E-state index contributed by atoms with van der Waals surface area (Å²) in [4.78, 5) is 13.2. The van der Waals surface area contributed by atoms with Crippen LogP contribution in [0.4, 0.5) is 10.3 Å². The van der Waals surface area contributed by atoms with E-state index in [0.29, 0.717) is 29.0 Å². The van der Waals surface area contributed by atoms with Gasteiger partial charge in [-0.25, -0.2) is 19.3 Å². The number of aliphatic hydroxyl groups excluding tert-OH is 1. The van der Waals surface area contributed by atoms with Crippen LogP contribution in [-0.2, 0) is 15.1 Å². The van der Waals surface area contributed by atoms with E-state index in [-0.39, 0.29) is 34.7 Å². The molecule has 2 aliphatic heterocycles. The molecular formula is C24H29ClFN5O4. The zero-order valence-electron chi connectivity index (χ0n) is 20.2. The van der Waals surface area contributed by atoms with Gasteiger partial charge in [0.1, 0.15) is 29.2 Å². The third-order valence-corrected chi connectivity index (χ3v) is 6.75. The number of aliphatic hydroxyl groups is 2. The van der Waals surface area contributed by atoms with Crippen LogP contribution in [0.5, 0.6) is 0 Å². The van der Waals surface area contributed by atoms with Gasteiger partial charge in [0.2, 0.25) is 5.95 Å². The van der Waals surface area contributed by atoms with Crippen LogP contribution >= 0.6 is 11.6 Å². The van der Waals surface area contributed by atoms with Gasteiger partial charge < -0.3 is 29.6 Å². The number of hydrogen-bond acceptors (Lipinski definition) is 8. The number of nitrogens with one attached hydrogen (secondary N) is 1. The number of rotatable bonds is 5. The van der Waals surface area contributed by atoms with E-state index in [1.807, 2.05) is 25.3 Å². The highest BCUT2D eigenvalue weighted by Gasteiger charge is 2.47. The summed E-state index contributed by atoms with van der Waals surface area (Å²) in [5.74, 6) is 0.0703. The molecule has 2 saturated heterocycles. The van der Waals surface area contributed by atoms with Crippen LogP contribution in [0.1, 0.15) is 52.9 Å². The molecule has 2 aliphatic rings. The number of halogens is 2. The van der Waals surface area contributed by atoms with Crippen molar-refractivity contribution in [1.29, 1.82) is 0 Å². The van der Waals surface area contributed by atoms with Crippen molar-refractivity contribution in [3.8, 4) is 11.3 Å². The Morgan fingerprint density at radius 2 is 2.00 bits per heavy atom. The highest BCUT2D eigenvalue weighted by Crippen LogP contribution is 2.36. The Hall–Kier alpha value is -2.37. The van der Waals surface area contributed by atoms with Crippen molar-refractivity contribution in [1.82, 2.24) is 19.5 Å². The minimum atomic E-state index is -1.26. The lowest BCUT2D eigenvalue weighted by Gasteiger charge is -2.32. The number of anilines is 1. The Balaban J connectivity index is 1.54. The summed E-state index contributed by atoms with van der Waals surface area (Å²) in [6.07, 6.45) is 0.0162. The second-order valence-electron chi connectivity index (χ2n) is 10.0. The molecule has 2 bridgehead atoms. The molecule has 0 saturated carbocycles. The number of aromatic nitrogens is 4. The topological polar surface area (TPSA) is 115 Å². The molecule has 2 fully saturated rings. The summed E-state index contributed by atoms with van der Waals surface area (Å²) in [5.41, 5.74) is 0.210. The van der Waals surface area contributed by atoms with E-state index in [1.54, 1.807) is 19.9 Å². The molecule has 0 aliphatic carbocycles. The highest BCUT2D eigenvalue weighted by molar-refractivity contribution is 6.33. The second kappa shape index (κ2) is 8.63. The molecule has 4 heterocycles. The monoisotopic (exact) mass is 505 g/mol. The predicted molar refractivity (Wildman–Crippen MR) is 129 cm³/mol. The molecule has 35 heavy (non-hydrogen) atoms. The summed E-state index contributed by atoms with van der Waals surface area (Å²) in [6, 6.07) is 2.63. The van der Waals surface area contributed by atoms with Gasteiger partial charge in [0.15, 0.2) is 12.1 Å². The fourth-order valence-electron chi connectivity index (χ4n) is 4.87. The molecule has 0 amide bonds. The quantitative estimate of drug-likeness (QED) is 0.480. The Kier molecular flexibility index (Phi) is 6.00. The lowest BCUT2D eigenvalue weighted by molar-refractivity contribution is -0.124. The standard InChI is InChI=1S/C24H29ClFN5O4/c1-10(2)31-16-7-12(6-14(26)19(16)29-22(31)24(4,5)33)18-13(25)9-27-23(30-18)28-15-8-17-34-11(3)21(35-17)20(15)32/h6-7,9-11,15,17,20-21,32-33H,8H2,1-5H3,(H,27,28,30)/t11-,15+,17-,20-,21-/m0/s1. The van der Waals surface area contributed by atoms with Gasteiger partial charge in [0, 0.05) is 18.0 Å². The molecule has 9 nitrogen and oxygen atoms in total. The van der Waals surface area contributed by atoms with Crippen LogP contribution < -0.4 is 5.32 Å². The molecule has 3 N–H and O–H groups in total. The zero-order valence-corrected chi connectivity index (χ0v) is 20.9. The van der Waals surface area contributed by atoms with Crippen LogP contribution in [0.25, 0.3) is 22.3 Å². The van der Waals surface area contributed by atoms with Gasteiger partial charge in [-0.3, -0.25) is 0 Å². The molecule has 5 rings (SSSR count). The Morgan fingerprint density at radius 3 is 2.69 bits per heavy atom. The van der Waals surface area contributed by atoms with Crippen molar-refractivity contribution in [3.05, 3.63) is 35.0 Å². The SMILES string of the molecule is CC(C)n1c(C(C)(C)O)nc2c(F)cc(-c3nc(N[C@@H]4C[C@@H]5O[C@H]([C@H]4O)[C@H](C)O5)ncc3Cl)cc21. The van der Waals surface area contributed by atoms with E-state index in [4.69, 9.17) is 21.1 Å². The summed E-state index contributed by atoms with van der Waals surface area (Å²) in [7, 11) is 0. The van der Waals surface area contributed by atoms with Crippen molar-refractivity contribution < 1.29 is 24.1 Å². The first-order valence-electron chi connectivity index (χ1n) is 11.7. The number of hydrogen-bond donors (Lipinski definition) is 3. The van der Waals surface area contributed by atoms with Gasteiger partial charge in [-0.2, -0.15) is 0 Å². The van der Waals surface area contributed by atoms with Crippen molar-refractivity contribution >= 4 is 28.6 Å². The Bertz CT molecular complexity index is 1280. The number of ether oxygens (including phenoxy) is 2. The average molecular weight is 506 g/mol.